The SMILES string of the molecule is CCc1noc(CSc2nnc(-c3ccccc3)n2-c2ccc(C)c(C)c2)n1. The number of hydrogen-bond donors (Lipinski definition) is 0. The second kappa shape index (κ2) is 7.98. The van der Waals surface area contributed by atoms with E-state index in [1.54, 1.807) is 0 Å². The van der Waals surface area contributed by atoms with Crippen LogP contribution in [0.2, 0.25) is 0 Å². The standard InChI is InChI=1S/C21H21N5OS/c1-4-18-22-19(27-25-18)13-28-21-24-23-20(16-8-6-5-7-9-16)26(21)17-11-10-14(2)15(3)12-17/h5-12H,4,13H2,1-3H3. The summed E-state index contributed by atoms with van der Waals surface area (Å²) in [5.41, 5.74) is 4.54. The van der Waals surface area contributed by atoms with E-state index in [-0.39, 0.29) is 0 Å². The maximum absolute atomic E-state index is 5.31. The molecule has 0 unspecified atom stereocenters. The molecule has 0 radical (unpaired) electrons. The number of nitrogens with zero attached hydrogens (tertiary/aromatic N) is 5. The van der Waals surface area contributed by atoms with Gasteiger partial charge in [-0.05, 0) is 37.1 Å². The van der Waals surface area contributed by atoms with E-state index < -0.39 is 0 Å². The molecule has 4 aromatic rings. The van der Waals surface area contributed by atoms with Gasteiger partial charge in [0, 0.05) is 12.0 Å². The van der Waals surface area contributed by atoms with E-state index >= 15 is 0 Å². The van der Waals surface area contributed by atoms with Crippen molar-refractivity contribution in [2.24, 2.45) is 0 Å². The van der Waals surface area contributed by atoms with Crippen molar-refractivity contribution >= 4 is 11.8 Å². The lowest BCUT2D eigenvalue weighted by Gasteiger charge is -2.12. The Morgan fingerprint density at radius 3 is 2.54 bits per heavy atom. The van der Waals surface area contributed by atoms with Gasteiger partial charge in [0.1, 0.15) is 0 Å². The molecule has 28 heavy (non-hydrogen) atoms. The van der Waals surface area contributed by atoms with Crippen molar-refractivity contribution in [3.05, 3.63) is 71.4 Å². The molecule has 2 aromatic heterocycles. The average molecular weight is 392 g/mol. The normalized spacial score (nSPS) is 11.1. The van der Waals surface area contributed by atoms with Crippen LogP contribution in [0.4, 0.5) is 0 Å². The first kappa shape index (κ1) is 18.4. The Kier molecular flexibility index (Phi) is 5.25. The topological polar surface area (TPSA) is 69.6 Å². The predicted molar refractivity (Wildman–Crippen MR) is 110 cm³/mol. The Hall–Kier alpha value is -2.93. The Bertz CT molecular complexity index is 1090. The number of thioether (sulfide) groups is 1. The lowest BCUT2D eigenvalue weighted by Crippen LogP contribution is -2.01. The summed E-state index contributed by atoms with van der Waals surface area (Å²) in [7, 11) is 0. The monoisotopic (exact) mass is 391 g/mol. The number of aromatic nitrogens is 5. The first-order valence-corrected chi connectivity index (χ1v) is 10.2. The van der Waals surface area contributed by atoms with Crippen molar-refractivity contribution in [1.82, 2.24) is 24.9 Å². The van der Waals surface area contributed by atoms with E-state index in [0.29, 0.717) is 11.6 Å². The molecule has 0 saturated carbocycles. The van der Waals surface area contributed by atoms with Crippen LogP contribution in [0.25, 0.3) is 17.1 Å². The van der Waals surface area contributed by atoms with Crippen LogP contribution in [-0.4, -0.2) is 24.9 Å². The lowest BCUT2D eigenvalue weighted by molar-refractivity contribution is 0.385. The van der Waals surface area contributed by atoms with Crippen LogP contribution in [0.1, 0.15) is 29.8 Å². The highest BCUT2D eigenvalue weighted by atomic mass is 32.2. The fourth-order valence-corrected chi connectivity index (χ4v) is 3.64. The molecule has 0 amide bonds. The van der Waals surface area contributed by atoms with Crippen molar-refractivity contribution in [2.75, 3.05) is 0 Å². The summed E-state index contributed by atoms with van der Waals surface area (Å²) >= 11 is 1.54. The maximum Gasteiger partial charge on any atom is 0.237 e. The fraction of sp³-hybridized carbons (Fsp3) is 0.238. The number of aryl methyl sites for hydroxylation is 3. The molecule has 2 heterocycles. The zero-order chi connectivity index (χ0) is 19.5. The molecule has 6 nitrogen and oxygen atoms in total. The summed E-state index contributed by atoms with van der Waals surface area (Å²) in [6, 6.07) is 16.5. The van der Waals surface area contributed by atoms with Crippen LogP contribution in [-0.2, 0) is 12.2 Å². The Balaban J connectivity index is 1.73. The van der Waals surface area contributed by atoms with Gasteiger partial charge in [-0.2, -0.15) is 4.98 Å². The molecule has 0 N–H and O–H groups in total. The van der Waals surface area contributed by atoms with E-state index in [1.807, 2.05) is 37.3 Å². The first-order valence-electron chi connectivity index (χ1n) is 9.18. The molecule has 4 rings (SSSR count). The molecule has 0 spiro atoms. The smallest absolute Gasteiger partial charge is 0.237 e. The predicted octanol–water partition coefficient (Wildman–Crippen LogP) is 4.79. The van der Waals surface area contributed by atoms with Gasteiger partial charge >= 0.3 is 0 Å². The first-order chi connectivity index (χ1) is 13.7. The summed E-state index contributed by atoms with van der Waals surface area (Å²) in [5, 5.41) is 13.7. The fourth-order valence-electron chi connectivity index (χ4n) is 2.85. The third kappa shape index (κ3) is 3.71. The van der Waals surface area contributed by atoms with E-state index in [0.717, 1.165) is 34.5 Å². The van der Waals surface area contributed by atoms with Crippen molar-refractivity contribution in [3.8, 4) is 17.1 Å². The minimum Gasteiger partial charge on any atom is -0.338 e. The van der Waals surface area contributed by atoms with Gasteiger partial charge in [0.15, 0.2) is 16.8 Å². The van der Waals surface area contributed by atoms with Crippen LogP contribution in [0.5, 0.6) is 0 Å². The Morgan fingerprint density at radius 1 is 1.00 bits per heavy atom. The van der Waals surface area contributed by atoms with E-state index in [1.165, 1.54) is 22.9 Å². The summed E-state index contributed by atoms with van der Waals surface area (Å²) in [6.07, 6.45) is 0.755. The van der Waals surface area contributed by atoms with Crippen LogP contribution >= 0.6 is 11.8 Å². The van der Waals surface area contributed by atoms with E-state index in [2.05, 4.69) is 57.0 Å². The largest absolute Gasteiger partial charge is 0.338 e. The highest BCUT2D eigenvalue weighted by molar-refractivity contribution is 7.98. The molecule has 142 valence electrons. The van der Waals surface area contributed by atoms with Gasteiger partial charge in [0.2, 0.25) is 5.89 Å². The van der Waals surface area contributed by atoms with Crippen LogP contribution in [0.15, 0.2) is 58.2 Å². The van der Waals surface area contributed by atoms with Crippen molar-refractivity contribution in [3.63, 3.8) is 0 Å². The lowest BCUT2D eigenvalue weighted by atomic mass is 10.1. The zero-order valence-electron chi connectivity index (χ0n) is 16.1. The minimum atomic E-state index is 0.546. The highest BCUT2D eigenvalue weighted by Gasteiger charge is 2.17. The summed E-state index contributed by atoms with van der Waals surface area (Å²) in [5.74, 6) is 2.67. The second-order valence-corrected chi connectivity index (χ2v) is 7.47. The Labute approximate surface area is 168 Å². The third-order valence-electron chi connectivity index (χ3n) is 4.57. The van der Waals surface area contributed by atoms with Crippen LogP contribution in [0.3, 0.4) is 0 Å². The molecule has 0 fully saturated rings. The molecule has 0 aliphatic rings. The number of rotatable bonds is 6. The van der Waals surface area contributed by atoms with Gasteiger partial charge in [-0.15, -0.1) is 10.2 Å². The van der Waals surface area contributed by atoms with Gasteiger partial charge in [-0.3, -0.25) is 4.57 Å². The molecule has 2 aromatic carbocycles. The molecular formula is C21H21N5OS. The molecule has 0 bridgehead atoms. The van der Waals surface area contributed by atoms with Gasteiger partial charge in [-0.25, -0.2) is 0 Å². The molecule has 0 saturated heterocycles. The molecule has 0 aliphatic heterocycles. The van der Waals surface area contributed by atoms with Crippen LogP contribution < -0.4 is 0 Å². The minimum absolute atomic E-state index is 0.546. The van der Waals surface area contributed by atoms with Crippen LogP contribution in [0, 0.1) is 13.8 Å². The molecule has 0 atom stereocenters. The Morgan fingerprint density at radius 2 is 1.82 bits per heavy atom. The third-order valence-corrected chi connectivity index (χ3v) is 5.48. The number of benzene rings is 2. The summed E-state index contributed by atoms with van der Waals surface area (Å²) in [4.78, 5) is 4.38. The molecule has 0 aliphatic carbocycles. The van der Waals surface area contributed by atoms with Crippen molar-refractivity contribution in [1.29, 1.82) is 0 Å². The highest BCUT2D eigenvalue weighted by Crippen LogP contribution is 2.30. The van der Waals surface area contributed by atoms with Gasteiger partial charge in [-0.1, -0.05) is 60.2 Å². The van der Waals surface area contributed by atoms with Crippen molar-refractivity contribution < 1.29 is 4.52 Å². The molecular weight excluding hydrogens is 370 g/mol. The van der Waals surface area contributed by atoms with E-state index in [9.17, 15) is 0 Å². The van der Waals surface area contributed by atoms with Gasteiger partial charge in [0.05, 0.1) is 11.4 Å². The average Bonchev–Trinajstić information content (AvgIpc) is 3.36. The quantitative estimate of drug-likeness (QED) is 0.440. The summed E-state index contributed by atoms with van der Waals surface area (Å²) < 4.78 is 7.40. The molecule has 7 heteroatoms. The summed E-state index contributed by atoms with van der Waals surface area (Å²) in [6.45, 7) is 6.23. The van der Waals surface area contributed by atoms with Crippen molar-refractivity contribution in [2.45, 2.75) is 38.1 Å². The van der Waals surface area contributed by atoms with Gasteiger partial charge < -0.3 is 4.52 Å². The van der Waals surface area contributed by atoms with Gasteiger partial charge in [0.25, 0.3) is 0 Å². The van der Waals surface area contributed by atoms with E-state index in [4.69, 9.17) is 4.52 Å². The zero-order valence-corrected chi connectivity index (χ0v) is 16.9. The second-order valence-electron chi connectivity index (χ2n) is 6.52. The number of hydrogen-bond acceptors (Lipinski definition) is 6. The maximum atomic E-state index is 5.31.